The molecule has 5 nitrogen and oxygen atoms in total. The number of hydrogen-bond donors (Lipinski definition) is 1. The Labute approximate surface area is 145 Å². The van der Waals surface area contributed by atoms with Crippen LogP contribution >= 0.6 is 0 Å². The van der Waals surface area contributed by atoms with E-state index in [0.717, 1.165) is 11.3 Å². The molecular formula is C18H17FN2O3S. The van der Waals surface area contributed by atoms with Gasteiger partial charge in [-0.2, -0.15) is 0 Å². The molecule has 0 saturated carbocycles. The number of anilines is 1. The second kappa shape index (κ2) is 6.68. The molecule has 25 heavy (non-hydrogen) atoms. The minimum absolute atomic E-state index is 0.226. The highest BCUT2D eigenvalue weighted by Crippen LogP contribution is 2.25. The van der Waals surface area contributed by atoms with Crippen LogP contribution in [0.25, 0.3) is 11.3 Å². The topological polar surface area (TPSA) is 72.2 Å². The summed E-state index contributed by atoms with van der Waals surface area (Å²) in [5.41, 5.74) is 2.54. The van der Waals surface area contributed by atoms with Gasteiger partial charge in [0.1, 0.15) is 17.3 Å². The number of sulfonamides is 1. The summed E-state index contributed by atoms with van der Waals surface area (Å²) in [5, 5.41) is 0. The summed E-state index contributed by atoms with van der Waals surface area (Å²) >= 11 is 0. The van der Waals surface area contributed by atoms with E-state index in [1.54, 1.807) is 31.2 Å². The first kappa shape index (κ1) is 17.2. The minimum atomic E-state index is -3.59. The zero-order chi connectivity index (χ0) is 18.0. The highest BCUT2D eigenvalue weighted by atomic mass is 32.2. The molecular weight excluding hydrogens is 343 g/mol. The number of halogens is 1. The Kier molecular flexibility index (Phi) is 4.59. The predicted octanol–water partition coefficient (Wildman–Crippen LogP) is 4.04. The van der Waals surface area contributed by atoms with Crippen LogP contribution in [0, 0.1) is 19.7 Å². The van der Waals surface area contributed by atoms with Crippen molar-refractivity contribution in [1.82, 2.24) is 4.98 Å². The van der Waals surface area contributed by atoms with Gasteiger partial charge in [-0.1, -0.05) is 24.3 Å². The van der Waals surface area contributed by atoms with E-state index < -0.39 is 15.8 Å². The van der Waals surface area contributed by atoms with E-state index in [0.29, 0.717) is 22.9 Å². The molecule has 3 aromatic rings. The molecule has 0 radical (unpaired) electrons. The van der Waals surface area contributed by atoms with Gasteiger partial charge in [0.2, 0.25) is 10.0 Å². The second-order valence-corrected chi connectivity index (χ2v) is 7.42. The summed E-state index contributed by atoms with van der Waals surface area (Å²) in [6.07, 6.45) is 0. The zero-order valence-corrected chi connectivity index (χ0v) is 14.6. The molecule has 1 aromatic heterocycles. The number of rotatable bonds is 5. The van der Waals surface area contributed by atoms with E-state index in [-0.39, 0.29) is 5.75 Å². The van der Waals surface area contributed by atoms with E-state index in [4.69, 9.17) is 4.42 Å². The molecule has 0 aliphatic carbocycles. The lowest BCUT2D eigenvalue weighted by atomic mass is 10.1. The SMILES string of the molecule is Cc1nc(-c2ccc(NS(=O)(=O)Cc3ccc(F)cc3)cc2)c(C)o1. The summed E-state index contributed by atoms with van der Waals surface area (Å²) in [4.78, 5) is 4.31. The molecule has 0 saturated heterocycles. The molecule has 0 fully saturated rings. The van der Waals surface area contributed by atoms with Crippen molar-refractivity contribution in [3.63, 3.8) is 0 Å². The number of hydrogen-bond acceptors (Lipinski definition) is 4. The zero-order valence-electron chi connectivity index (χ0n) is 13.8. The Balaban J connectivity index is 1.74. The molecule has 7 heteroatoms. The van der Waals surface area contributed by atoms with Gasteiger partial charge in [0.05, 0.1) is 5.75 Å². The molecule has 1 heterocycles. The Morgan fingerprint density at radius 1 is 1.04 bits per heavy atom. The van der Waals surface area contributed by atoms with Crippen LogP contribution in [0.5, 0.6) is 0 Å². The van der Waals surface area contributed by atoms with Gasteiger partial charge in [0.25, 0.3) is 0 Å². The standard InChI is InChI=1S/C18H17FN2O3S/c1-12-18(20-13(2)24-12)15-5-9-17(10-6-15)21-25(22,23)11-14-3-7-16(19)8-4-14/h3-10,21H,11H2,1-2H3. The van der Waals surface area contributed by atoms with Gasteiger partial charge in [-0.3, -0.25) is 4.72 Å². The van der Waals surface area contributed by atoms with E-state index in [1.807, 2.05) is 6.92 Å². The lowest BCUT2D eigenvalue weighted by molar-refractivity contribution is 0.495. The number of aromatic nitrogens is 1. The van der Waals surface area contributed by atoms with Crippen LogP contribution in [0.3, 0.4) is 0 Å². The number of benzene rings is 2. The third-order valence-corrected chi connectivity index (χ3v) is 4.87. The van der Waals surface area contributed by atoms with Crippen LogP contribution in [0.4, 0.5) is 10.1 Å². The van der Waals surface area contributed by atoms with Gasteiger partial charge in [-0.15, -0.1) is 0 Å². The summed E-state index contributed by atoms with van der Waals surface area (Å²) < 4.78 is 45.3. The van der Waals surface area contributed by atoms with Crippen LogP contribution in [-0.4, -0.2) is 13.4 Å². The Hall–Kier alpha value is -2.67. The fourth-order valence-corrected chi connectivity index (χ4v) is 3.71. The normalized spacial score (nSPS) is 11.5. The largest absolute Gasteiger partial charge is 0.446 e. The van der Waals surface area contributed by atoms with Crippen molar-refractivity contribution in [3.8, 4) is 11.3 Å². The summed E-state index contributed by atoms with van der Waals surface area (Å²) in [5.74, 6) is 0.665. The van der Waals surface area contributed by atoms with Crippen molar-refractivity contribution in [1.29, 1.82) is 0 Å². The highest BCUT2D eigenvalue weighted by Gasteiger charge is 2.13. The molecule has 0 spiro atoms. The molecule has 2 aromatic carbocycles. The van der Waals surface area contributed by atoms with Crippen molar-refractivity contribution in [2.24, 2.45) is 0 Å². The fraction of sp³-hybridized carbons (Fsp3) is 0.167. The average Bonchev–Trinajstić information content (AvgIpc) is 2.88. The van der Waals surface area contributed by atoms with Crippen molar-refractivity contribution < 1.29 is 17.2 Å². The first-order chi connectivity index (χ1) is 11.8. The van der Waals surface area contributed by atoms with Crippen LogP contribution in [0.15, 0.2) is 52.9 Å². The smallest absolute Gasteiger partial charge is 0.236 e. The summed E-state index contributed by atoms with van der Waals surface area (Å²) in [6, 6.07) is 12.3. The number of oxazole rings is 1. The third kappa shape index (κ3) is 4.24. The molecule has 0 unspecified atom stereocenters. The van der Waals surface area contributed by atoms with Gasteiger partial charge in [-0.25, -0.2) is 17.8 Å². The molecule has 0 bridgehead atoms. The van der Waals surface area contributed by atoms with Gasteiger partial charge < -0.3 is 4.42 Å². The summed E-state index contributed by atoms with van der Waals surface area (Å²) in [6.45, 7) is 3.60. The Morgan fingerprint density at radius 2 is 1.68 bits per heavy atom. The maximum Gasteiger partial charge on any atom is 0.236 e. The minimum Gasteiger partial charge on any atom is -0.446 e. The van der Waals surface area contributed by atoms with Crippen molar-refractivity contribution in [2.45, 2.75) is 19.6 Å². The lowest BCUT2D eigenvalue weighted by Crippen LogP contribution is -2.15. The molecule has 0 amide bonds. The van der Waals surface area contributed by atoms with E-state index in [1.165, 1.54) is 24.3 Å². The molecule has 0 atom stereocenters. The monoisotopic (exact) mass is 360 g/mol. The molecule has 0 aliphatic heterocycles. The fourth-order valence-electron chi connectivity index (χ4n) is 2.51. The van der Waals surface area contributed by atoms with Crippen molar-refractivity contribution in [2.75, 3.05) is 4.72 Å². The molecule has 1 N–H and O–H groups in total. The van der Waals surface area contributed by atoms with E-state index in [2.05, 4.69) is 9.71 Å². The predicted molar refractivity (Wildman–Crippen MR) is 94.1 cm³/mol. The first-order valence-corrected chi connectivity index (χ1v) is 9.27. The highest BCUT2D eigenvalue weighted by molar-refractivity contribution is 7.91. The van der Waals surface area contributed by atoms with Crippen LogP contribution in [0.2, 0.25) is 0 Å². The molecule has 3 rings (SSSR count). The third-order valence-electron chi connectivity index (χ3n) is 3.61. The maximum absolute atomic E-state index is 12.9. The van der Waals surface area contributed by atoms with Crippen LogP contribution in [0.1, 0.15) is 17.2 Å². The van der Waals surface area contributed by atoms with Crippen LogP contribution < -0.4 is 4.72 Å². The van der Waals surface area contributed by atoms with Gasteiger partial charge >= 0.3 is 0 Å². The molecule has 0 aliphatic rings. The van der Waals surface area contributed by atoms with E-state index >= 15 is 0 Å². The second-order valence-electron chi connectivity index (χ2n) is 5.70. The van der Waals surface area contributed by atoms with Gasteiger partial charge in [0.15, 0.2) is 5.89 Å². The maximum atomic E-state index is 12.9. The van der Waals surface area contributed by atoms with E-state index in [9.17, 15) is 12.8 Å². The van der Waals surface area contributed by atoms with Gasteiger partial charge in [-0.05, 0) is 36.8 Å². The Morgan fingerprint density at radius 3 is 2.24 bits per heavy atom. The quantitative estimate of drug-likeness (QED) is 0.745. The van der Waals surface area contributed by atoms with Crippen molar-refractivity contribution >= 4 is 15.7 Å². The number of nitrogens with one attached hydrogen (secondary N) is 1. The van der Waals surface area contributed by atoms with Crippen molar-refractivity contribution in [3.05, 3.63) is 71.6 Å². The lowest BCUT2D eigenvalue weighted by Gasteiger charge is -2.09. The number of aryl methyl sites for hydroxylation is 2. The number of nitrogens with zero attached hydrogens (tertiary/aromatic N) is 1. The Bertz CT molecular complexity index is 978. The first-order valence-electron chi connectivity index (χ1n) is 7.62. The van der Waals surface area contributed by atoms with Crippen LogP contribution in [-0.2, 0) is 15.8 Å². The average molecular weight is 360 g/mol. The van der Waals surface area contributed by atoms with Gasteiger partial charge in [0, 0.05) is 18.2 Å². The molecule has 130 valence electrons. The summed E-state index contributed by atoms with van der Waals surface area (Å²) in [7, 11) is -3.59.